The van der Waals surface area contributed by atoms with Gasteiger partial charge in [-0.05, 0) is 5.56 Å². The Morgan fingerprint density at radius 1 is 1.08 bits per heavy atom. The monoisotopic (exact) mass is 355 g/mol. The summed E-state index contributed by atoms with van der Waals surface area (Å²) >= 11 is 0. The highest BCUT2D eigenvalue weighted by Crippen LogP contribution is 2.34. The zero-order chi connectivity index (χ0) is 18.6. The Morgan fingerprint density at radius 2 is 1.72 bits per heavy atom. The van der Waals surface area contributed by atoms with Crippen molar-refractivity contribution in [2.45, 2.75) is 6.61 Å². The van der Waals surface area contributed by atoms with E-state index in [2.05, 4.69) is 4.74 Å². The van der Waals surface area contributed by atoms with Crippen LogP contribution >= 0.6 is 0 Å². The number of amides is 1. The fourth-order valence-electron chi connectivity index (χ4n) is 2.00. The Labute approximate surface area is 139 Å². The van der Waals surface area contributed by atoms with Gasteiger partial charge in [-0.1, -0.05) is 30.3 Å². The number of carboxylic acids is 1. The van der Waals surface area contributed by atoms with Crippen molar-refractivity contribution in [3.8, 4) is 5.75 Å². The standard InChI is InChI=1S/C16H12F3NO5/c1-24-14-10(17)9(15(21)22)13(11(18)12(14)19)20-16(23)25-7-8-5-3-2-4-6-8/h2-6H,7H2,1H3,(H,20,23)(H,21,22). The predicted molar refractivity (Wildman–Crippen MR) is 80.1 cm³/mol. The quantitative estimate of drug-likeness (QED) is 0.801. The van der Waals surface area contributed by atoms with Gasteiger partial charge in [-0.2, -0.15) is 4.39 Å². The normalized spacial score (nSPS) is 10.2. The molecule has 2 aromatic rings. The van der Waals surface area contributed by atoms with Crippen LogP contribution in [0, 0.1) is 17.5 Å². The second-order valence-electron chi connectivity index (χ2n) is 4.72. The van der Waals surface area contributed by atoms with Crippen LogP contribution in [-0.2, 0) is 11.3 Å². The van der Waals surface area contributed by atoms with Gasteiger partial charge in [0.25, 0.3) is 0 Å². The Bertz CT molecular complexity index is 811. The number of anilines is 1. The van der Waals surface area contributed by atoms with Gasteiger partial charge in [0.2, 0.25) is 5.82 Å². The van der Waals surface area contributed by atoms with Gasteiger partial charge in [0.05, 0.1) is 7.11 Å². The van der Waals surface area contributed by atoms with Crippen LogP contribution in [-0.4, -0.2) is 24.3 Å². The number of methoxy groups -OCH3 is 1. The van der Waals surface area contributed by atoms with E-state index in [1.165, 1.54) is 0 Å². The average Bonchev–Trinajstić information content (AvgIpc) is 2.59. The number of halogens is 3. The predicted octanol–water partition coefficient (Wildman–Crippen LogP) is 3.56. The van der Waals surface area contributed by atoms with Crippen LogP contribution in [0.25, 0.3) is 0 Å². The van der Waals surface area contributed by atoms with Gasteiger partial charge < -0.3 is 14.6 Å². The first-order valence-electron chi connectivity index (χ1n) is 6.82. The first-order chi connectivity index (χ1) is 11.9. The molecule has 0 unspecified atom stereocenters. The summed E-state index contributed by atoms with van der Waals surface area (Å²) in [4.78, 5) is 22.9. The van der Waals surface area contributed by atoms with Gasteiger partial charge in [0, 0.05) is 0 Å². The molecule has 2 aromatic carbocycles. The molecule has 0 radical (unpaired) electrons. The lowest BCUT2D eigenvalue weighted by Gasteiger charge is -2.14. The minimum atomic E-state index is -1.92. The molecule has 0 saturated heterocycles. The molecule has 2 N–H and O–H groups in total. The zero-order valence-corrected chi connectivity index (χ0v) is 12.8. The van der Waals surface area contributed by atoms with Gasteiger partial charge >= 0.3 is 12.1 Å². The van der Waals surface area contributed by atoms with Crippen LogP contribution in [0.15, 0.2) is 30.3 Å². The summed E-state index contributed by atoms with van der Waals surface area (Å²) in [7, 11) is 0.841. The van der Waals surface area contributed by atoms with Gasteiger partial charge in [-0.15, -0.1) is 0 Å². The second kappa shape index (κ2) is 7.56. The molecule has 0 aliphatic carbocycles. The molecule has 0 saturated carbocycles. The SMILES string of the molecule is COc1c(F)c(F)c(NC(=O)OCc2ccccc2)c(C(=O)O)c1F. The van der Waals surface area contributed by atoms with Crippen molar-refractivity contribution >= 4 is 17.7 Å². The number of rotatable bonds is 5. The van der Waals surface area contributed by atoms with Crippen molar-refractivity contribution in [3.63, 3.8) is 0 Å². The summed E-state index contributed by atoms with van der Waals surface area (Å²) in [5, 5.41) is 10.7. The topological polar surface area (TPSA) is 84.9 Å². The fourth-order valence-corrected chi connectivity index (χ4v) is 2.00. The minimum absolute atomic E-state index is 0.210. The highest BCUT2D eigenvalue weighted by Gasteiger charge is 2.30. The van der Waals surface area contributed by atoms with E-state index in [4.69, 9.17) is 9.84 Å². The van der Waals surface area contributed by atoms with E-state index in [9.17, 15) is 22.8 Å². The molecule has 1 amide bonds. The van der Waals surface area contributed by atoms with Crippen molar-refractivity contribution in [2.24, 2.45) is 0 Å². The molecular formula is C16H12F3NO5. The lowest BCUT2D eigenvalue weighted by Crippen LogP contribution is -2.19. The number of carbonyl (C=O) groups excluding carboxylic acids is 1. The van der Waals surface area contributed by atoms with Crippen molar-refractivity contribution in [1.29, 1.82) is 0 Å². The van der Waals surface area contributed by atoms with Crippen LogP contribution in [0.2, 0.25) is 0 Å². The molecule has 0 aliphatic heterocycles. The number of ether oxygens (including phenoxy) is 2. The maximum absolute atomic E-state index is 14.0. The molecule has 132 valence electrons. The zero-order valence-electron chi connectivity index (χ0n) is 12.8. The van der Waals surface area contributed by atoms with Gasteiger partial charge in [-0.25, -0.2) is 18.4 Å². The highest BCUT2D eigenvalue weighted by molar-refractivity contribution is 5.99. The molecule has 25 heavy (non-hydrogen) atoms. The summed E-state index contributed by atoms with van der Waals surface area (Å²) in [5.74, 6) is -8.35. The van der Waals surface area contributed by atoms with Crippen LogP contribution in [0.3, 0.4) is 0 Å². The summed E-state index contributed by atoms with van der Waals surface area (Å²) in [6.07, 6.45) is -1.28. The molecule has 0 aromatic heterocycles. The van der Waals surface area contributed by atoms with E-state index in [1.54, 1.807) is 35.6 Å². The highest BCUT2D eigenvalue weighted by atomic mass is 19.2. The first-order valence-corrected chi connectivity index (χ1v) is 6.82. The summed E-state index contributed by atoms with van der Waals surface area (Å²) in [6, 6.07) is 8.40. The number of carbonyl (C=O) groups is 2. The van der Waals surface area contributed by atoms with Gasteiger partial charge in [0.1, 0.15) is 17.9 Å². The number of benzene rings is 2. The van der Waals surface area contributed by atoms with E-state index < -0.39 is 46.5 Å². The Kier molecular flexibility index (Phi) is 5.48. The number of hydrogen-bond donors (Lipinski definition) is 2. The maximum atomic E-state index is 14.0. The molecule has 6 nitrogen and oxygen atoms in total. The van der Waals surface area contributed by atoms with Crippen molar-refractivity contribution in [1.82, 2.24) is 0 Å². The van der Waals surface area contributed by atoms with Crippen molar-refractivity contribution in [3.05, 3.63) is 58.9 Å². The first kappa shape index (κ1) is 18.1. The van der Waals surface area contributed by atoms with Crippen LogP contribution < -0.4 is 10.1 Å². The van der Waals surface area contributed by atoms with E-state index >= 15 is 0 Å². The fraction of sp³-hybridized carbons (Fsp3) is 0.125. The Morgan fingerprint density at radius 3 is 2.28 bits per heavy atom. The lowest BCUT2D eigenvalue weighted by molar-refractivity contribution is 0.0691. The maximum Gasteiger partial charge on any atom is 0.412 e. The third-order valence-corrected chi connectivity index (χ3v) is 3.14. The Balaban J connectivity index is 2.29. The van der Waals surface area contributed by atoms with Crippen LogP contribution in [0.1, 0.15) is 15.9 Å². The van der Waals surface area contributed by atoms with E-state index in [1.807, 2.05) is 0 Å². The largest absolute Gasteiger partial charge is 0.491 e. The number of carboxylic acid groups (broad SMARTS) is 1. The van der Waals surface area contributed by atoms with Gasteiger partial charge in [0.15, 0.2) is 17.4 Å². The third-order valence-electron chi connectivity index (χ3n) is 3.14. The third kappa shape index (κ3) is 3.82. The van der Waals surface area contributed by atoms with Gasteiger partial charge in [-0.3, -0.25) is 5.32 Å². The van der Waals surface area contributed by atoms with Crippen molar-refractivity contribution in [2.75, 3.05) is 12.4 Å². The molecule has 0 spiro atoms. The second-order valence-corrected chi connectivity index (χ2v) is 4.72. The summed E-state index contributed by atoms with van der Waals surface area (Å²) in [6.45, 7) is -0.210. The Hall–Kier alpha value is -3.23. The number of hydrogen-bond acceptors (Lipinski definition) is 4. The molecule has 2 rings (SSSR count). The molecule has 0 heterocycles. The van der Waals surface area contributed by atoms with E-state index in [0.29, 0.717) is 5.56 Å². The number of aromatic carboxylic acids is 1. The van der Waals surface area contributed by atoms with E-state index in [-0.39, 0.29) is 6.61 Å². The smallest absolute Gasteiger partial charge is 0.412 e. The van der Waals surface area contributed by atoms with Crippen LogP contribution in [0.4, 0.5) is 23.7 Å². The minimum Gasteiger partial charge on any atom is -0.491 e. The molecule has 0 aliphatic rings. The molecule has 0 fully saturated rings. The lowest BCUT2D eigenvalue weighted by atomic mass is 10.1. The van der Waals surface area contributed by atoms with Crippen LogP contribution in [0.5, 0.6) is 5.75 Å². The van der Waals surface area contributed by atoms with E-state index in [0.717, 1.165) is 7.11 Å². The summed E-state index contributed by atoms with van der Waals surface area (Å²) < 4.78 is 50.9. The summed E-state index contributed by atoms with van der Waals surface area (Å²) in [5.41, 5.74) is -1.88. The molecule has 0 atom stereocenters. The van der Waals surface area contributed by atoms with Crippen molar-refractivity contribution < 1.29 is 37.3 Å². The molecule has 9 heteroatoms. The number of nitrogens with one attached hydrogen (secondary N) is 1. The molecular weight excluding hydrogens is 343 g/mol. The molecule has 0 bridgehead atoms. The average molecular weight is 355 g/mol.